The Balaban J connectivity index is 2.39. The summed E-state index contributed by atoms with van der Waals surface area (Å²) in [5, 5.41) is 4.09. The summed E-state index contributed by atoms with van der Waals surface area (Å²) in [4.78, 5) is 11.4. The van der Waals surface area contributed by atoms with Gasteiger partial charge in [0.2, 0.25) is 0 Å². The zero-order valence-corrected chi connectivity index (χ0v) is 7.66. The smallest absolute Gasteiger partial charge is 0.179 e. The van der Waals surface area contributed by atoms with Gasteiger partial charge in [0.15, 0.2) is 5.78 Å². The van der Waals surface area contributed by atoms with Crippen molar-refractivity contribution >= 4 is 5.78 Å². The molecule has 4 heteroatoms. The number of carbonyl (C=O) groups excluding carboxylic acids is 1. The van der Waals surface area contributed by atoms with Gasteiger partial charge in [0, 0.05) is 13.0 Å². The lowest BCUT2D eigenvalue weighted by molar-refractivity contribution is 0.100. The normalized spacial score (nSPS) is 16.2. The quantitative estimate of drug-likeness (QED) is 0.685. The van der Waals surface area contributed by atoms with E-state index in [1.807, 2.05) is 7.05 Å². The van der Waals surface area contributed by atoms with Crippen LogP contribution in [0.3, 0.4) is 0 Å². The van der Waals surface area contributed by atoms with Gasteiger partial charge in [-0.15, -0.1) is 0 Å². The predicted octanol–water partition coefficient (Wildman–Crippen LogP) is 0.439. The van der Waals surface area contributed by atoms with Gasteiger partial charge in [-0.1, -0.05) is 0 Å². The highest BCUT2D eigenvalue weighted by atomic mass is 16.1. The van der Waals surface area contributed by atoms with Crippen molar-refractivity contribution < 1.29 is 4.79 Å². The second-order valence-electron chi connectivity index (χ2n) is 3.47. The summed E-state index contributed by atoms with van der Waals surface area (Å²) in [5.74, 6) is 0.535. The fourth-order valence-corrected chi connectivity index (χ4v) is 1.61. The molecule has 0 aliphatic heterocycles. The van der Waals surface area contributed by atoms with Crippen molar-refractivity contribution in [3.05, 3.63) is 17.5 Å². The Labute approximate surface area is 76.7 Å². The molecule has 2 rings (SSSR count). The van der Waals surface area contributed by atoms with E-state index >= 15 is 0 Å². The summed E-state index contributed by atoms with van der Waals surface area (Å²) in [6.45, 7) is 0.0748. The van der Waals surface area contributed by atoms with Gasteiger partial charge < -0.3 is 5.73 Å². The fourth-order valence-electron chi connectivity index (χ4n) is 1.61. The van der Waals surface area contributed by atoms with E-state index in [9.17, 15) is 4.79 Å². The number of hydrogen-bond donors (Lipinski definition) is 1. The number of rotatable bonds is 3. The van der Waals surface area contributed by atoms with Crippen LogP contribution in [0.15, 0.2) is 6.20 Å². The Kier molecular flexibility index (Phi) is 1.92. The molecular weight excluding hydrogens is 166 g/mol. The van der Waals surface area contributed by atoms with Crippen LogP contribution >= 0.6 is 0 Å². The minimum Gasteiger partial charge on any atom is -0.324 e. The molecule has 0 unspecified atom stereocenters. The highest BCUT2D eigenvalue weighted by molar-refractivity contribution is 5.98. The monoisotopic (exact) mass is 179 g/mol. The number of nitrogens with zero attached hydrogens (tertiary/aromatic N) is 2. The summed E-state index contributed by atoms with van der Waals surface area (Å²) >= 11 is 0. The lowest BCUT2D eigenvalue weighted by Gasteiger charge is -2.01. The Bertz CT molecular complexity index is 339. The Morgan fingerprint density at radius 1 is 1.77 bits per heavy atom. The van der Waals surface area contributed by atoms with Crippen LogP contribution in [-0.4, -0.2) is 22.1 Å². The minimum atomic E-state index is -0.00463. The van der Waals surface area contributed by atoms with Gasteiger partial charge >= 0.3 is 0 Å². The molecule has 1 aliphatic rings. The first-order chi connectivity index (χ1) is 6.24. The summed E-state index contributed by atoms with van der Waals surface area (Å²) in [5.41, 5.74) is 7.10. The number of Topliss-reactive ketones (excluding diaryl/α,β-unsaturated/α-hetero) is 1. The van der Waals surface area contributed by atoms with Crippen molar-refractivity contribution in [3.63, 3.8) is 0 Å². The Morgan fingerprint density at radius 3 is 3.00 bits per heavy atom. The molecule has 70 valence electrons. The summed E-state index contributed by atoms with van der Waals surface area (Å²) in [6.07, 6.45) is 3.97. The van der Waals surface area contributed by atoms with Crippen LogP contribution in [0.1, 0.15) is 34.8 Å². The van der Waals surface area contributed by atoms with Gasteiger partial charge in [0.25, 0.3) is 0 Å². The number of nitrogens with two attached hydrogens (primary N) is 1. The first kappa shape index (κ1) is 8.44. The maximum atomic E-state index is 11.4. The molecule has 0 aromatic carbocycles. The standard InChI is InChI=1S/C9H13N3O/c1-12-9(6-2-3-6)7(5-11-12)8(13)4-10/h5-6H,2-4,10H2,1H3. The zero-order valence-electron chi connectivity index (χ0n) is 7.66. The highest BCUT2D eigenvalue weighted by Gasteiger charge is 2.30. The summed E-state index contributed by atoms with van der Waals surface area (Å²) in [6, 6.07) is 0. The van der Waals surface area contributed by atoms with E-state index in [-0.39, 0.29) is 12.3 Å². The van der Waals surface area contributed by atoms with Crippen LogP contribution in [0.25, 0.3) is 0 Å². The third kappa shape index (κ3) is 1.37. The first-order valence-corrected chi connectivity index (χ1v) is 4.49. The average Bonchev–Trinajstić information content (AvgIpc) is 2.89. The van der Waals surface area contributed by atoms with Gasteiger partial charge in [-0.25, -0.2) is 0 Å². The molecule has 1 fully saturated rings. The molecule has 0 spiro atoms. The largest absolute Gasteiger partial charge is 0.324 e. The Morgan fingerprint density at radius 2 is 2.46 bits per heavy atom. The molecule has 1 aliphatic carbocycles. The summed E-state index contributed by atoms with van der Waals surface area (Å²) < 4.78 is 1.79. The molecule has 4 nitrogen and oxygen atoms in total. The number of ketones is 1. The SMILES string of the molecule is Cn1ncc(C(=O)CN)c1C1CC1. The molecule has 0 atom stereocenters. The van der Waals surface area contributed by atoms with Gasteiger partial charge in [-0.3, -0.25) is 9.48 Å². The second kappa shape index (κ2) is 2.96. The fraction of sp³-hybridized carbons (Fsp3) is 0.556. The maximum Gasteiger partial charge on any atom is 0.179 e. The molecular formula is C9H13N3O. The van der Waals surface area contributed by atoms with Crippen LogP contribution in [0.2, 0.25) is 0 Å². The molecule has 1 aromatic heterocycles. The second-order valence-corrected chi connectivity index (χ2v) is 3.47. The number of aryl methyl sites for hydroxylation is 1. The van der Waals surface area contributed by atoms with Crippen molar-refractivity contribution in [3.8, 4) is 0 Å². The van der Waals surface area contributed by atoms with Crippen molar-refractivity contribution in [1.82, 2.24) is 9.78 Å². The van der Waals surface area contributed by atoms with E-state index in [2.05, 4.69) is 5.10 Å². The number of aromatic nitrogens is 2. The molecule has 0 amide bonds. The van der Waals surface area contributed by atoms with E-state index in [0.717, 1.165) is 5.69 Å². The van der Waals surface area contributed by atoms with Crippen LogP contribution < -0.4 is 5.73 Å². The molecule has 1 heterocycles. The molecule has 0 bridgehead atoms. The van der Waals surface area contributed by atoms with Gasteiger partial charge in [-0.2, -0.15) is 5.10 Å². The van der Waals surface area contributed by atoms with Gasteiger partial charge in [0.05, 0.1) is 24.0 Å². The zero-order chi connectivity index (χ0) is 9.42. The van der Waals surface area contributed by atoms with Crippen LogP contribution in [0, 0.1) is 0 Å². The molecule has 13 heavy (non-hydrogen) atoms. The minimum absolute atomic E-state index is 0.00463. The third-order valence-electron chi connectivity index (χ3n) is 2.43. The maximum absolute atomic E-state index is 11.4. The summed E-state index contributed by atoms with van der Waals surface area (Å²) in [7, 11) is 1.88. The molecule has 1 aromatic rings. The van der Waals surface area contributed by atoms with Crippen LogP contribution in [0.5, 0.6) is 0 Å². The third-order valence-corrected chi connectivity index (χ3v) is 2.43. The van der Waals surface area contributed by atoms with E-state index in [1.165, 1.54) is 12.8 Å². The molecule has 0 saturated heterocycles. The molecule has 2 N–H and O–H groups in total. The number of carbonyl (C=O) groups is 1. The topological polar surface area (TPSA) is 60.9 Å². The molecule has 1 saturated carbocycles. The van der Waals surface area contributed by atoms with Crippen molar-refractivity contribution in [1.29, 1.82) is 0 Å². The van der Waals surface area contributed by atoms with E-state index < -0.39 is 0 Å². The lowest BCUT2D eigenvalue weighted by Crippen LogP contribution is -2.15. The predicted molar refractivity (Wildman–Crippen MR) is 48.6 cm³/mol. The first-order valence-electron chi connectivity index (χ1n) is 4.49. The van der Waals surface area contributed by atoms with Gasteiger partial charge in [-0.05, 0) is 12.8 Å². The average molecular weight is 179 g/mol. The van der Waals surface area contributed by atoms with Crippen LogP contribution in [0.4, 0.5) is 0 Å². The Hall–Kier alpha value is -1.16. The van der Waals surface area contributed by atoms with Crippen molar-refractivity contribution in [2.75, 3.05) is 6.54 Å². The van der Waals surface area contributed by atoms with Crippen molar-refractivity contribution in [2.24, 2.45) is 12.8 Å². The number of hydrogen-bond acceptors (Lipinski definition) is 3. The molecule has 0 radical (unpaired) electrons. The van der Waals surface area contributed by atoms with Crippen molar-refractivity contribution in [2.45, 2.75) is 18.8 Å². The van der Waals surface area contributed by atoms with E-state index in [4.69, 9.17) is 5.73 Å². The van der Waals surface area contributed by atoms with Gasteiger partial charge in [0.1, 0.15) is 0 Å². The van der Waals surface area contributed by atoms with E-state index in [1.54, 1.807) is 10.9 Å². The van der Waals surface area contributed by atoms with Crippen LogP contribution in [-0.2, 0) is 7.05 Å². The lowest BCUT2D eigenvalue weighted by atomic mass is 10.1. The van der Waals surface area contributed by atoms with E-state index in [0.29, 0.717) is 11.5 Å². The highest BCUT2D eigenvalue weighted by Crippen LogP contribution is 2.41.